The molecule has 2 N–H and O–H groups in total. The van der Waals surface area contributed by atoms with Crippen LogP contribution < -0.4 is 5.32 Å². The van der Waals surface area contributed by atoms with Crippen LogP contribution in [0.25, 0.3) is 0 Å². The quantitative estimate of drug-likeness (QED) is 0.383. The Morgan fingerprint density at radius 2 is 1.93 bits per heavy atom. The van der Waals surface area contributed by atoms with Crippen LogP contribution in [0.3, 0.4) is 0 Å². The minimum absolute atomic E-state index is 0.00475. The molecule has 0 spiro atoms. The van der Waals surface area contributed by atoms with Crippen molar-refractivity contribution < 1.29 is 33.3 Å². The first-order valence-electron chi connectivity index (χ1n) is 9.33. The molecule has 2 atom stereocenters. The van der Waals surface area contributed by atoms with Crippen molar-refractivity contribution >= 4 is 30.4 Å². The van der Waals surface area contributed by atoms with Crippen LogP contribution in [-0.2, 0) is 19.0 Å². The molecular weight excluding hydrogens is 413 g/mol. The summed E-state index contributed by atoms with van der Waals surface area (Å²) in [4.78, 5) is 23.8. The maximum atomic E-state index is 14.0. The summed E-state index contributed by atoms with van der Waals surface area (Å²) in [7, 11) is 0. The normalized spacial score (nSPS) is 12.6. The Morgan fingerprint density at radius 3 is 2.57 bits per heavy atom. The summed E-state index contributed by atoms with van der Waals surface area (Å²) in [5, 5.41) is 12.1. The number of phenols is 1. The molecule has 0 radical (unpaired) electrons. The number of carbonyl (C=O) groups is 2. The van der Waals surface area contributed by atoms with Gasteiger partial charge in [-0.15, -0.1) is 0 Å². The van der Waals surface area contributed by atoms with E-state index in [4.69, 9.17) is 14.2 Å². The van der Waals surface area contributed by atoms with E-state index in [1.54, 1.807) is 37.3 Å². The third kappa shape index (κ3) is 7.23. The highest BCUT2D eigenvalue weighted by atomic mass is 32.1. The lowest BCUT2D eigenvalue weighted by molar-refractivity contribution is -0.142. The van der Waals surface area contributed by atoms with E-state index in [0.29, 0.717) is 5.69 Å². The third-order valence-corrected chi connectivity index (χ3v) is 4.33. The second-order valence-electron chi connectivity index (χ2n) is 6.19. The van der Waals surface area contributed by atoms with Gasteiger partial charge in [0.05, 0.1) is 12.4 Å². The third-order valence-electron chi connectivity index (χ3n) is 4.07. The lowest BCUT2D eigenvalue weighted by Crippen LogP contribution is -2.30. The van der Waals surface area contributed by atoms with Gasteiger partial charge in [-0.25, -0.2) is 9.18 Å². The molecule has 0 aliphatic rings. The van der Waals surface area contributed by atoms with Crippen LogP contribution in [0.2, 0.25) is 0 Å². The molecule has 0 bridgehead atoms. The number of thiol groups is 1. The number of carbonyl (C=O) groups excluding carboxylic acids is 2. The highest BCUT2D eigenvalue weighted by Gasteiger charge is 2.29. The average Bonchev–Trinajstić information content (AvgIpc) is 2.74. The van der Waals surface area contributed by atoms with Crippen LogP contribution in [0.4, 0.5) is 14.9 Å². The molecule has 0 aliphatic heterocycles. The molecule has 1 amide bonds. The predicted octanol–water partition coefficient (Wildman–Crippen LogP) is 4.09. The number of halogens is 1. The SMILES string of the molecule is CCO[C@@H](CCOC(=O)CS)[C@@H](OC(=O)Nc1ccccc1)c1ccc(O)c(F)c1. The van der Waals surface area contributed by atoms with Crippen molar-refractivity contribution in [2.45, 2.75) is 25.6 Å². The topological polar surface area (TPSA) is 94.1 Å². The predicted molar refractivity (Wildman–Crippen MR) is 112 cm³/mol. The number of nitrogens with one attached hydrogen (secondary N) is 1. The van der Waals surface area contributed by atoms with Gasteiger partial charge in [-0.1, -0.05) is 24.3 Å². The Kier molecular flexibility index (Phi) is 9.43. The van der Waals surface area contributed by atoms with Crippen LogP contribution in [0.1, 0.15) is 25.0 Å². The maximum Gasteiger partial charge on any atom is 0.412 e. The maximum absolute atomic E-state index is 14.0. The lowest BCUT2D eigenvalue weighted by atomic mass is 10.0. The standard InChI is InChI=1S/C21H24FNO6S/c1-2-27-18(10-11-28-19(25)13-30)20(14-8-9-17(24)16(22)12-14)29-21(26)23-15-6-4-3-5-7-15/h3-9,12,18,20,24,30H,2,10-11,13H2,1H3,(H,23,26)/t18-,20-/m0/s1. The minimum Gasteiger partial charge on any atom is -0.505 e. The van der Waals surface area contributed by atoms with Crippen LogP contribution in [0, 0.1) is 5.82 Å². The Labute approximate surface area is 179 Å². The van der Waals surface area contributed by atoms with E-state index in [0.717, 1.165) is 6.07 Å². The fourth-order valence-corrected chi connectivity index (χ4v) is 2.80. The van der Waals surface area contributed by atoms with Gasteiger partial charge in [-0.05, 0) is 36.8 Å². The molecule has 162 valence electrons. The zero-order chi connectivity index (χ0) is 21.9. The molecule has 9 heteroatoms. The summed E-state index contributed by atoms with van der Waals surface area (Å²) in [6.45, 7) is 2.04. The number of hydrogen-bond donors (Lipinski definition) is 3. The van der Waals surface area contributed by atoms with E-state index in [2.05, 4.69) is 17.9 Å². The van der Waals surface area contributed by atoms with Gasteiger partial charge in [0.1, 0.15) is 6.10 Å². The molecule has 30 heavy (non-hydrogen) atoms. The molecule has 0 fully saturated rings. The summed E-state index contributed by atoms with van der Waals surface area (Å²) in [6.07, 6.45) is -2.32. The number of ether oxygens (including phenoxy) is 3. The van der Waals surface area contributed by atoms with E-state index >= 15 is 0 Å². The van der Waals surface area contributed by atoms with Crippen LogP contribution >= 0.6 is 12.6 Å². The van der Waals surface area contributed by atoms with E-state index in [1.165, 1.54) is 12.1 Å². The second-order valence-corrected chi connectivity index (χ2v) is 6.51. The van der Waals surface area contributed by atoms with Crippen molar-refractivity contribution in [1.29, 1.82) is 0 Å². The highest BCUT2D eigenvalue weighted by Crippen LogP contribution is 2.29. The number of esters is 1. The first kappa shape index (κ1) is 23.5. The number of phenolic OH excluding ortho intramolecular Hbond substituents is 1. The van der Waals surface area contributed by atoms with Gasteiger partial charge in [0.15, 0.2) is 17.7 Å². The zero-order valence-electron chi connectivity index (χ0n) is 16.4. The summed E-state index contributed by atoms with van der Waals surface area (Å²) < 4.78 is 30.2. The highest BCUT2D eigenvalue weighted by molar-refractivity contribution is 7.81. The number of rotatable bonds is 10. The average molecular weight is 437 g/mol. The molecule has 2 aromatic carbocycles. The zero-order valence-corrected chi connectivity index (χ0v) is 17.3. The summed E-state index contributed by atoms with van der Waals surface area (Å²) >= 11 is 3.84. The molecule has 2 aromatic rings. The van der Waals surface area contributed by atoms with Crippen molar-refractivity contribution in [3.63, 3.8) is 0 Å². The Morgan fingerprint density at radius 1 is 1.20 bits per heavy atom. The Hall–Kier alpha value is -2.78. The molecule has 0 saturated carbocycles. The van der Waals surface area contributed by atoms with E-state index in [-0.39, 0.29) is 31.0 Å². The summed E-state index contributed by atoms with van der Waals surface area (Å²) in [5.74, 6) is -1.95. The van der Waals surface area contributed by atoms with Gasteiger partial charge >= 0.3 is 12.1 Å². The van der Waals surface area contributed by atoms with Gasteiger partial charge in [-0.2, -0.15) is 12.6 Å². The molecule has 0 saturated heterocycles. The van der Waals surface area contributed by atoms with Crippen molar-refractivity contribution in [2.24, 2.45) is 0 Å². The number of hydrogen-bond acceptors (Lipinski definition) is 7. The van der Waals surface area contributed by atoms with Gasteiger partial charge in [0, 0.05) is 18.7 Å². The molecule has 0 heterocycles. The van der Waals surface area contributed by atoms with Gasteiger partial charge in [0.25, 0.3) is 0 Å². The Bertz CT molecular complexity index is 836. The number of aromatic hydroxyl groups is 1. The largest absolute Gasteiger partial charge is 0.505 e. The fourth-order valence-electron chi connectivity index (χ4n) is 2.71. The van der Waals surface area contributed by atoms with Crippen molar-refractivity contribution in [1.82, 2.24) is 0 Å². The van der Waals surface area contributed by atoms with Crippen LogP contribution in [0.15, 0.2) is 48.5 Å². The minimum atomic E-state index is -1.02. The van der Waals surface area contributed by atoms with Crippen LogP contribution in [-0.4, -0.2) is 42.2 Å². The Balaban J connectivity index is 2.21. The van der Waals surface area contributed by atoms with Gasteiger partial charge in [0.2, 0.25) is 0 Å². The summed E-state index contributed by atoms with van der Waals surface area (Å²) in [5.41, 5.74) is 0.807. The molecule has 0 unspecified atom stereocenters. The van der Waals surface area contributed by atoms with E-state index in [1.807, 2.05) is 0 Å². The monoisotopic (exact) mass is 437 g/mol. The molecule has 7 nitrogen and oxygen atoms in total. The fraction of sp³-hybridized carbons (Fsp3) is 0.333. The van der Waals surface area contributed by atoms with Crippen molar-refractivity contribution in [2.75, 3.05) is 24.3 Å². The van der Waals surface area contributed by atoms with Gasteiger partial charge in [-0.3, -0.25) is 10.1 Å². The molecular formula is C21H24FNO6S. The number of anilines is 1. The number of benzene rings is 2. The van der Waals surface area contributed by atoms with Crippen LogP contribution in [0.5, 0.6) is 5.75 Å². The molecule has 0 aliphatic carbocycles. The van der Waals surface area contributed by atoms with E-state index in [9.17, 15) is 19.1 Å². The smallest absolute Gasteiger partial charge is 0.412 e. The second kappa shape index (κ2) is 12.0. The molecule has 2 rings (SSSR count). The number of amides is 1. The first-order valence-corrected chi connectivity index (χ1v) is 9.97. The lowest BCUT2D eigenvalue weighted by Gasteiger charge is -2.27. The van der Waals surface area contributed by atoms with E-state index < -0.39 is 35.8 Å². The first-order chi connectivity index (χ1) is 14.4. The number of para-hydroxylation sites is 1. The van der Waals surface area contributed by atoms with Gasteiger partial charge < -0.3 is 19.3 Å². The van der Waals surface area contributed by atoms with Crippen molar-refractivity contribution in [3.8, 4) is 5.75 Å². The summed E-state index contributed by atoms with van der Waals surface area (Å²) in [6, 6.07) is 12.4. The van der Waals surface area contributed by atoms with Crippen molar-refractivity contribution in [3.05, 3.63) is 59.9 Å². The molecule has 0 aromatic heterocycles.